The number of halogens is 1. The lowest BCUT2D eigenvalue weighted by molar-refractivity contribution is -0.112. The molecule has 0 atom stereocenters. The predicted molar refractivity (Wildman–Crippen MR) is 85.9 cm³/mol. The van der Waals surface area contributed by atoms with E-state index in [0.717, 1.165) is 41.9 Å². The number of rotatable bonds is 2. The summed E-state index contributed by atoms with van der Waals surface area (Å²) in [5, 5.41) is 4.64. The normalized spacial score (nSPS) is 17.0. The first-order valence-electron chi connectivity index (χ1n) is 7.78. The van der Waals surface area contributed by atoms with E-state index in [4.69, 9.17) is 0 Å². The van der Waals surface area contributed by atoms with Gasteiger partial charge in [-0.05, 0) is 37.5 Å². The Hall–Kier alpha value is -2.56. The number of benzene rings is 1. The lowest BCUT2D eigenvalue weighted by Crippen LogP contribution is -2.19. The third kappa shape index (κ3) is 2.32. The number of hydrogen-bond donors (Lipinski definition) is 0. The molecule has 0 spiro atoms. The number of carbonyl (C=O) groups is 1. The van der Waals surface area contributed by atoms with Gasteiger partial charge in [-0.3, -0.25) is 9.48 Å². The number of aryl methyl sites for hydroxylation is 1. The number of carbonyl (C=O) groups excluding carboxylic acids is 1. The third-order valence-electron chi connectivity index (χ3n) is 4.33. The van der Waals surface area contributed by atoms with Gasteiger partial charge in [-0.1, -0.05) is 18.2 Å². The van der Waals surface area contributed by atoms with E-state index in [1.807, 2.05) is 17.7 Å². The highest BCUT2D eigenvalue weighted by Crippen LogP contribution is 2.33. The average Bonchev–Trinajstić information content (AvgIpc) is 3.11. The fourth-order valence-corrected chi connectivity index (χ4v) is 3.22. The molecule has 23 heavy (non-hydrogen) atoms. The minimum Gasteiger partial charge on any atom is -0.292 e. The van der Waals surface area contributed by atoms with Gasteiger partial charge in [-0.25, -0.2) is 9.38 Å². The number of hydrogen-bond acceptors (Lipinski definition) is 3. The number of aliphatic imine (C=N–C) groups is 1. The van der Waals surface area contributed by atoms with Crippen molar-refractivity contribution in [2.24, 2.45) is 4.99 Å². The van der Waals surface area contributed by atoms with Crippen LogP contribution in [-0.2, 0) is 17.8 Å². The van der Waals surface area contributed by atoms with Crippen LogP contribution in [0.4, 0.5) is 4.39 Å². The van der Waals surface area contributed by atoms with Crippen LogP contribution in [0.1, 0.15) is 31.2 Å². The average molecular weight is 309 g/mol. The number of ketones is 1. The van der Waals surface area contributed by atoms with Crippen LogP contribution < -0.4 is 0 Å². The van der Waals surface area contributed by atoms with Crippen LogP contribution in [0.5, 0.6) is 0 Å². The topological polar surface area (TPSA) is 47.2 Å². The standard InChI is InChI=1S/C18H16FN3O/c1-11-4-9-15(23)17(20-11)18-16(12-5-7-13(19)8-6-12)14-3-2-10-22(14)21-18/h4-8H,2-3,9-10H2,1H3. The van der Waals surface area contributed by atoms with E-state index >= 15 is 0 Å². The van der Waals surface area contributed by atoms with Crippen molar-refractivity contribution in [2.75, 3.05) is 0 Å². The number of aromatic nitrogens is 2. The summed E-state index contributed by atoms with van der Waals surface area (Å²) in [6, 6.07) is 6.36. The van der Waals surface area contributed by atoms with Gasteiger partial charge in [0.05, 0.1) is 0 Å². The molecule has 2 aliphatic heterocycles. The molecule has 0 saturated heterocycles. The summed E-state index contributed by atoms with van der Waals surface area (Å²) in [4.78, 5) is 16.7. The second-order valence-electron chi connectivity index (χ2n) is 5.94. The van der Waals surface area contributed by atoms with Gasteiger partial charge in [0.15, 0.2) is 5.78 Å². The number of Topliss-reactive ketones (excluding diaryl/α,β-unsaturated/α-hetero) is 1. The van der Waals surface area contributed by atoms with Crippen molar-refractivity contribution >= 4 is 11.5 Å². The van der Waals surface area contributed by atoms with E-state index in [0.29, 0.717) is 17.8 Å². The first kappa shape index (κ1) is 14.1. The Bertz CT molecular complexity index is 859. The van der Waals surface area contributed by atoms with Crippen molar-refractivity contribution in [3.63, 3.8) is 0 Å². The molecule has 0 unspecified atom stereocenters. The SMILES string of the molecule is CC1=CCC(=O)C(c2nn3c(c2-c2ccc(F)cc2)CCC3)=N1. The van der Waals surface area contributed by atoms with E-state index in [-0.39, 0.29) is 11.6 Å². The first-order valence-corrected chi connectivity index (χ1v) is 7.78. The van der Waals surface area contributed by atoms with E-state index in [2.05, 4.69) is 10.1 Å². The highest BCUT2D eigenvalue weighted by molar-refractivity contribution is 6.47. The number of fused-ring (bicyclic) bond motifs is 1. The van der Waals surface area contributed by atoms with Gasteiger partial charge in [0.25, 0.3) is 0 Å². The largest absolute Gasteiger partial charge is 0.292 e. The Morgan fingerprint density at radius 3 is 2.78 bits per heavy atom. The molecule has 0 fully saturated rings. The molecule has 0 aliphatic carbocycles. The Kier molecular flexibility index (Phi) is 3.22. The van der Waals surface area contributed by atoms with E-state index in [1.54, 1.807) is 12.1 Å². The van der Waals surface area contributed by atoms with Crippen molar-refractivity contribution in [1.29, 1.82) is 0 Å². The Balaban J connectivity index is 1.93. The van der Waals surface area contributed by atoms with Crippen LogP contribution in [0.25, 0.3) is 11.1 Å². The second kappa shape index (κ2) is 5.26. The van der Waals surface area contributed by atoms with E-state index in [9.17, 15) is 9.18 Å². The number of allylic oxidation sites excluding steroid dienone is 2. The molecule has 1 aromatic heterocycles. The van der Waals surface area contributed by atoms with Crippen LogP contribution in [0.2, 0.25) is 0 Å². The zero-order chi connectivity index (χ0) is 16.0. The quantitative estimate of drug-likeness (QED) is 0.854. The first-order chi connectivity index (χ1) is 11.1. The predicted octanol–water partition coefficient (Wildman–Crippen LogP) is 3.30. The smallest absolute Gasteiger partial charge is 0.187 e. The van der Waals surface area contributed by atoms with Crippen molar-refractivity contribution in [1.82, 2.24) is 9.78 Å². The van der Waals surface area contributed by atoms with Crippen LogP contribution in [-0.4, -0.2) is 21.3 Å². The maximum atomic E-state index is 13.3. The molecule has 2 aliphatic rings. The van der Waals surface area contributed by atoms with Crippen LogP contribution in [0.3, 0.4) is 0 Å². The Labute approximate surface area is 133 Å². The molecular formula is C18H16FN3O. The van der Waals surface area contributed by atoms with E-state index in [1.165, 1.54) is 12.1 Å². The van der Waals surface area contributed by atoms with Crippen molar-refractivity contribution in [2.45, 2.75) is 32.7 Å². The molecule has 0 saturated carbocycles. The van der Waals surface area contributed by atoms with Gasteiger partial charge >= 0.3 is 0 Å². The molecular weight excluding hydrogens is 293 g/mol. The summed E-state index contributed by atoms with van der Waals surface area (Å²) < 4.78 is 15.2. The summed E-state index contributed by atoms with van der Waals surface area (Å²) in [5.41, 5.74) is 4.79. The van der Waals surface area contributed by atoms with Crippen LogP contribution in [0.15, 0.2) is 41.0 Å². The zero-order valence-corrected chi connectivity index (χ0v) is 12.8. The van der Waals surface area contributed by atoms with Gasteiger partial charge in [-0.2, -0.15) is 5.10 Å². The monoisotopic (exact) mass is 309 g/mol. The second-order valence-corrected chi connectivity index (χ2v) is 5.94. The molecule has 0 amide bonds. The summed E-state index contributed by atoms with van der Waals surface area (Å²) in [7, 11) is 0. The van der Waals surface area contributed by atoms with Gasteiger partial charge in [0.1, 0.15) is 17.2 Å². The maximum absolute atomic E-state index is 13.3. The molecule has 0 N–H and O–H groups in total. The molecule has 0 bridgehead atoms. The van der Waals surface area contributed by atoms with Crippen LogP contribution >= 0.6 is 0 Å². The fraction of sp³-hybridized carbons (Fsp3) is 0.278. The van der Waals surface area contributed by atoms with Gasteiger partial charge in [0.2, 0.25) is 0 Å². The summed E-state index contributed by atoms with van der Waals surface area (Å²) in [6.07, 6.45) is 4.13. The van der Waals surface area contributed by atoms with Crippen molar-refractivity contribution in [3.8, 4) is 11.1 Å². The molecule has 116 valence electrons. The van der Waals surface area contributed by atoms with E-state index < -0.39 is 0 Å². The maximum Gasteiger partial charge on any atom is 0.187 e. The zero-order valence-electron chi connectivity index (χ0n) is 12.8. The van der Waals surface area contributed by atoms with Gasteiger partial charge in [0, 0.05) is 29.9 Å². The molecule has 5 heteroatoms. The summed E-state index contributed by atoms with van der Waals surface area (Å²) in [6.45, 7) is 2.73. The lowest BCUT2D eigenvalue weighted by atomic mass is 9.96. The van der Waals surface area contributed by atoms with Crippen molar-refractivity contribution in [3.05, 3.63) is 53.2 Å². The molecule has 2 aromatic rings. The van der Waals surface area contributed by atoms with Gasteiger partial charge < -0.3 is 0 Å². The fourth-order valence-electron chi connectivity index (χ4n) is 3.22. The molecule has 1 aromatic carbocycles. The summed E-state index contributed by atoms with van der Waals surface area (Å²) >= 11 is 0. The Morgan fingerprint density at radius 2 is 2.00 bits per heavy atom. The molecule has 3 heterocycles. The number of nitrogens with zero attached hydrogens (tertiary/aromatic N) is 3. The highest BCUT2D eigenvalue weighted by atomic mass is 19.1. The Morgan fingerprint density at radius 1 is 1.22 bits per heavy atom. The van der Waals surface area contributed by atoms with Crippen molar-refractivity contribution < 1.29 is 9.18 Å². The summed E-state index contributed by atoms with van der Waals surface area (Å²) in [5.74, 6) is -0.292. The minimum absolute atomic E-state index is 0.0178. The minimum atomic E-state index is -0.274. The molecule has 0 radical (unpaired) electrons. The molecule has 4 rings (SSSR count). The van der Waals surface area contributed by atoms with Crippen LogP contribution in [0, 0.1) is 5.82 Å². The highest BCUT2D eigenvalue weighted by Gasteiger charge is 2.29. The molecule has 4 nitrogen and oxygen atoms in total. The third-order valence-corrected chi connectivity index (χ3v) is 4.33. The lowest BCUT2D eigenvalue weighted by Gasteiger charge is -2.10. The van der Waals surface area contributed by atoms with Gasteiger partial charge in [-0.15, -0.1) is 0 Å².